The van der Waals surface area contributed by atoms with E-state index in [2.05, 4.69) is 4.79 Å². The number of ketones is 2. The number of fused-ring (bicyclic) bond motifs is 2. The first-order valence-electron chi connectivity index (χ1n) is 10.4. The van der Waals surface area contributed by atoms with Crippen LogP contribution in [0.1, 0.15) is 24.0 Å². The van der Waals surface area contributed by atoms with Gasteiger partial charge < -0.3 is 5.53 Å². The van der Waals surface area contributed by atoms with Gasteiger partial charge in [0.25, 0.3) is 0 Å². The number of aryl methyl sites for hydroxylation is 2. The number of carbonyl (C=O) groups is 2. The summed E-state index contributed by atoms with van der Waals surface area (Å²) in [7, 11) is 0. The van der Waals surface area contributed by atoms with Crippen LogP contribution >= 0.6 is 0 Å². The molecule has 0 unspecified atom stereocenters. The van der Waals surface area contributed by atoms with Gasteiger partial charge in [0.1, 0.15) is 0 Å². The predicted octanol–water partition coefficient (Wildman–Crippen LogP) is 5.37. The van der Waals surface area contributed by atoms with Crippen molar-refractivity contribution in [3.63, 3.8) is 0 Å². The highest BCUT2D eigenvalue weighted by Gasteiger charge is 2.28. The average molecular weight is 406 g/mol. The Morgan fingerprint density at radius 3 is 1.45 bits per heavy atom. The monoisotopic (exact) mass is 406 g/mol. The molecule has 4 aromatic carbocycles. The summed E-state index contributed by atoms with van der Waals surface area (Å²) < 4.78 is 0. The van der Waals surface area contributed by atoms with Gasteiger partial charge in [-0.15, -0.1) is 0 Å². The van der Waals surface area contributed by atoms with Crippen LogP contribution in [0, 0.1) is 0 Å². The van der Waals surface area contributed by atoms with Crippen LogP contribution in [0.3, 0.4) is 0 Å². The molecule has 0 aliphatic heterocycles. The van der Waals surface area contributed by atoms with Gasteiger partial charge in [0.15, 0.2) is 0 Å². The Hall–Kier alpha value is -3.88. The molecule has 4 aromatic rings. The molecule has 152 valence electrons. The van der Waals surface area contributed by atoms with Gasteiger partial charge in [-0.25, -0.2) is 0 Å². The summed E-state index contributed by atoms with van der Waals surface area (Å²) in [5, 5.41) is 4.49. The molecule has 0 saturated carbocycles. The van der Waals surface area contributed by atoms with Gasteiger partial charge in [-0.3, -0.25) is 9.59 Å². The Balaban J connectivity index is 1.36. The molecule has 0 amide bonds. The number of nitrogens with zero attached hydrogens (tertiary/aromatic N) is 2. The minimum atomic E-state index is -0.431. The lowest BCUT2D eigenvalue weighted by Gasteiger charge is -2.04. The van der Waals surface area contributed by atoms with Crippen molar-refractivity contribution in [2.45, 2.75) is 25.7 Å². The summed E-state index contributed by atoms with van der Waals surface area (Å²) in [6.07, 6.45) is 1.22. The second kappa shape index (κ2) is 9.29. The first-order chi connectivity index (χ1) is 15.1. The number of hydrogen-bond donors (Lipinski definition) is 0. The van der Waals surface area contributed by atoms with Gasteiger partial charge in [-0.05, 0) is 45.5 Å². The molecule has 0 fully saturated rings. The van der Waals surface area contributed by atoms with Gasteiger partial charge >= 0.3 is 5.71 Å². The summed E-state index contributed by atoms with van der Waals surface area (Å²) in [5.74, 6) is -0.863. The highest BCUT2D eigenvalue weighted by atomic mass is 16.1. The number of carbonyl (C=O) groups excluding carboxylic acids is 2. The standard InChI is InChI=1S/C27H22N2O2/c28-29-27(25(30)15-11-19-9-13-21-5-1-3-7-23(21)17-19)26(31)16-12-20-10-14-22-6-2-4-8-24(22)18-20/h1-10,13-14,17-18H,11-12,15-16H2. The molecule has 4 nitrogen and oxygen atoms in total. The van der Waals surface area contributed by atoms with E-state index in [1.165, 1.54) is 0 Å². The molecule has 0 aliphatic rings. The van der Waals surface area contributed by atoms with E-state index < -0.39 is 11.6 Å². The largest absolute Gasteiger partial charge is 0.400 e. The van der Waals surface area contributed by atoms with Crippen LogP contribution in [0.2, 0.25) is 0 Å². The molecule has 0 spiro atoms. The smallest absolute Gasteiger partial charge is 0.360 e. The number of benzene rings is 4. The Kier molecular flexibility index (Phi) is 6.11. The molecule has 0 heterocycles. The summed E-state index contributed by atoms with van der Waals surface area (Å²) >= 11 is 0. The molecule has 0 bridgehead atoms. The van der Waals surface area contributed by atoms with Gasteiger partial charge in [-0.2, -0.15) is 4.79 Å². The molecule has 0 aliphatic carbocycles. The maximum absolute atomic E-state index is 12.5. The van der Waals surface area contributed by atoms with Crippen LogP contribution in [0.15, 0.2) is 84.9 Å². The van der Waals surface area contributed by atoms with Crippen LogP contribution in [0.5, 0.6) is 0 Å². The van der Waals surface area contributed by atoms with E-state index in [1.54, 1.807) is 0 Å². The zero-order valence-electron chi connectivity index (χ0n) is 17.1. The first kappa shape index (κ1) is 20.4. The molecule has 31 heavy (non-hydrogen) atoms. The fraction of sp³-hybridized carbons (Fsp3) is 0.148. The van der Waals surface area contributed by atoms with Gasteiger partial charge in [-0.1, -0.05) is 84.9 Å². The Morgan fingerprint density at radius 2 is 1.03 bits per heavy atom. The fourth-order valence-electron chi connectivity index (χ4n) is 3.81. The average Bonchev–Trinajstić information content (AvgIpc) is 2.81. The lowest BCUT2D eigenvalue weighted by Crippen LogP contribution is -2.26. The first-order valence-corrected chi connectivity index (χ1v) is 10.4. The van der Waals surface area contributed by atoms with Crippen LogP contribution in [-0.4, -0.2) is 22.1 Å². The second-order valence-corrected chi connectivity index (χ2v) is 7.66. The molecule has 0 saturated heterocycles. The highest BCUT2D eigenvalue weighted by Crippen LogP contribution is 2.18. The molecule has 4 rings (SSSR count). The van der Waals surface area contributed by atoms with E-state index in [-0.39, 0.29) is 18.6 Å². The normalized spacial score (nSPS) is 10.7. The van der Waals surface area contributed by atoms with Gasteiger partial charge in [0.05, 0.1) is 0 Å². The molecule has 0 radical (unpaired) electrons. The third kappa shape index (κ3) is 4.82. The minimum absolute atomic E-state index is 0.124. The number of Topliss-reactive ketones (excluding diaryl/α,β-unsaturated/α-hetero) is 2. The summed E-state index contributed by atoms with van der Waals surface area (Å²) in [6.45, 7) is 0. The quantitative estimate of drug-likeness (QED) is 0.171. The zero-order valence-corrected chi connectivity index (χ0v) is 17.1. The van der Waals surface area contributed by atoms with Crippen molar-refractivity contribution in [3.8, 4) is 0 Å². The van der Waals surface area contributed by atoms with Crippen molar-refractivity contribution in [1.29, 1.82) is 0 Å². The van der Waals surface area contributed by atoms with Crippen LogP contribution < -0.4 is 0 Å². The Labute approximate surface area is 180 Å². The maximum atomic E-state index is 12.5. The number of rotatable bonds is 8. The lowest BCUT2D eigenvalue weighted by atomic mass is 9.98. The summed E-state index contributed by atoms with van der Waals surface area (Å²) in [6, 6.07) is 28.1. The van der Waals surface area contributed by atoms with Gasteiger partial charge in [0, 0.05) is 12.8 Å². The third-order valence-corrected chi connectivity index (χ3v) is 5.54. The zero-order chi connectivity index (χ0) is 21.6. The van der Waals surface area contributed by atoms with Crippen LogP contribution in [0.4, 0.5) is 0 Å². The molecule has 4 heteroatoms. The second-order valence-electron chi connectivity index (χ2n) is 7.66. The van der Waals surface area contributed by atoms with E-state index in [1.807, 2.05) is 84.9 Å². The van der Waals surface area contributed by atoms with E-state index in [9.17, 15) is 15.1 Å². The van der Waals surface area contributed by atoms with Crippen molar-refractivity contribution in [2.24, 2.45) is 0 Å². The van der Waals surface area contributed by atoms with Crippen molar-refractivity contribution < 1.29 is 14.4 Å². The van der Waals surface area contributed by atoms with Crippen molar-refractivity contribution in [2.75, 3.05) is 0 Å². The SMILES string of the molecule is [N-]=[N+]=C(C(=O)CCc1ccc2ccccc2c1)C(=O)CCc1ccc2ccccc2c1. The maximum Gasteiger partial charge on any atom is 0.400 e. The minimum Gasteiger partial charge on any atom is -0.360 e. The van der Waals surface area contributed by atoms with E-state index >= 15 is 0 Å². The highest BCUT2D eigenvalue weighted by molar-refractivity contribution is 6.64. The topological polar surface area (TPSA) is 70.5 Å². The van der Waals surface area contributed by atoms with Crippen LogP contribution in [-0.2, 0) is 22.4 Å². The lowest BCUT2D eigenvalue weighted by molar-refractivity contribution is -0.124. The predicted molar refractivity (Wildman–Crippen MR) is 123 cm³/mol. The van der Waals surface area contributed by atoms with E-state index in [0.29, 0.717) is 12.8 Å². The summed E-state index contributed by atoms with van der Waals surface area (Å²) in [5.41, 5.74) is 10.9. The Bertz CT molecular complexity index is 1240. The molecule has 0 atom stereocenters. The fourth-order valence-corrected chi connectivity index (χ4v) is 3.81. The van der Waals surface area contributed by atoms with Gasteiger partial charge in [0.2, 0.25) is 11.6 Å². The van der Waals surface area contributed by atoms with Crippen LogP contribution in [0.25, 0.3) is 27.1 Å². The molecular weight excluding hydrogens is 384 g/mol. The van der Waals surface area contributed by atoms with Crippen molar-refractivity contribution in [1.82, 2.24) is 0 Å². The number of hydrogen-bond acceptors (Lipinski definition) is 2. The molecule has 0 N–H and O–H groups in total. The van der Waals surface area contributed by atoms with Crippen molar-refractivity contribution in [3.05, 3.63) is 102 Å². The van der Waals surface area contributed by atoms with Crippen molar-refractivity contribution >= 4 is 38.8 Å². The molecular formula is C27H22N2O2. The molecule has 0 aromatic heterocycles. The third-order valence-electron chi connectivity index (χ3n) is 5.54. The summed E-state index contributed by atoms with van der Waals surface area (Å²) in [4.78, 5) is 28.1. The van der Waals surface area contributed by atoms with E-state index in [0.717, 1.165) is 32.7 Å². The van der Waals surface area contributed by atoms with E-state index in [4.69, 9.17) is 0 Å². The Morgan fingerprint density at radius 1 is 0.613 bits per heavy atom.